The number of fused-ring (bicyclic) bond motifs is 2. The maximum atomic E-state index is 15.4. The van der Waals surface area contributed by atoms with Crippen LogP contribution in [0.1, 0.15) is 42.6 Å². The molecule has 1 aromatic heterocycles. The Morgan fingerprint density at radius 2 is 2.10 bits per heavy atom. The fourth-order valence-corrected chi connectivity index (χ4v) is 5.87. The molecule has 0 bridgehead atoms. The van der Waals surface area contributed by atoms with Crippen molar-refractivity contribution in [1.82, 2.24) is 9.88 Å². The van der Waals surface area contributed by atoms with E-state index < -0.39 is 11.2 Å². The molecule has 9 heteroatoms. The summed E-state index contributed by atoms with van der Waals surface area (Å²) in [7, 11) is 1.50. The van der Waals surface area contributed by atoms with Crippen LogP contribution in [0.2, 0.25) is 0 Å². The molecule has 31 heavy (non-hydrogen) atoms. The molecular weight excluding hydrogens is 421 g/mol. The average molecular weight is 446 g/mol. The van der Waals surface area contributed by atoms with Crippen LogP contribution in [-0.2, 0) is 4.79 Å². The molecule has 2 fully saturated rings. The number of thioether (sulfide) groups is 1. The van der Waals surface area contributed by atoms with E-state index in [0.717, 1.165) is 19.3 Å². The summed E-state index contributed by atoms with van der Waals surface area (Å²) in [6.45, 7) is 3.25. The molecule has 2 aliphatic heterocycles. The van der Waals surface area contributed by atoms with E-state index in [2.05, 4.69) is 5.32 Å². The van der Waals surface area contributed by atoms with Gasteiger partial charge in [0.1, 0.15) is 5.69 Å². The van der Waals surface area contributed by atoms with E-state index in [0.29, 0.717) is 41.6 Å². The third-order valence-electron chi connectivity index (χ3n) is 6.30. The van der Waals surface area contributed by atoms with Gasteiger partial charge in [0.15, 0.2) is 17.3 Å². The highest BCUT2D eigenvalue weighted by Gasteiger charge is 2.37. The number of pyridine rings is 1. The number of anilines is 1. The first-order valence-corrected chi connectivity index (χ1v) is 11.5. The Labute approximate surface area is 182 Å². The zero-order chi connectivity index (χ0) is 21.9. The van der Waals surface area contributed by atoms with E-state index in [1.54, 1.807) is 0 Å². The molecular formula is C22H24FN3O4S. The minimum absolute atomic E-state index is 0.0812. The number of carbonyl (C=O) groups is 2. The number of nitrogens with one attached hydrogen (secondary N) is 1. The Hall–Kier alpha value is -2.55. The van der Waals surface area contributed by atoms with Crippen LogP contribution < -0.4 is 20.4 Å². The molecule has 1 amide bonds. The highest BCUT2D eigenvalue weighted by molar-refractivity contribution is 8.00. The summed E-state index contributed by atoms with van der Waals surface area (Å²) in [5, 5.41) is 3.72. The van der Waals surface area contributed by atoms with E-state index in [1.165, 1.54) is 31.9 Å². The largest absolute Gasteiger partial charge is 0.492 e. The van der Waals surface area contributed by atoms with Gasteiger partial charge < -0.3 is 19.5 Å². The summed E-state index contributed by atoms with van der Waals surface area (Å²) < 4.78 is 23.2. The van der Waals surface area contributed by atoms with E-state index in [-0.39, 0.29) is 40.4 Å². The zero-order valence-electron chi connectivity index (χ0n) is 17.5. The van der Waals surface area contributed by atoms with Crippen LogP contribution in [0.25, 0.3) is 10.9 Å². The molecule has 1 saturated heterocycles. The number of methoxy groups -OCH3 is 1. The Bertz CT molecular complexity index is 1170. The summed E-state index contributed by atoms with van der Waals surface area (Å²) in [5.74, 6) is 0.00114. The number of hydrogen-bond donors (Lipinski definition) is 1. The second kappa shape index (κ2) is 7.55. The van der Waals surface area contributed by atoms with Gasteiger partial charge in [0.25, 0.3) is 0 Å². The summed E-state index contributed by atoms with van der Waals surface area (Å²) in [6, 6.07) is 1.46. The molecule has 164 valence electrons. The molecule has 1 N–H and O–H groups in total. The average Bonchev–Trinajstić information content (AvgIpc) is 3.34. The summed E-state index contributed by atoms with van der Waals surface area (Å²) >= 11 is 1.38. The van der Waals surface area contributed by atoms with Gasteiger partial charge in [-0.15, -0.1) is 0 Å². The smallest absolute Gasteiger partial charge is 0.216 e. The predicted octanol–water partition coefficient (Wildman–Crippen LogP) is 2.73. The van der Waals surface area contributed by atoms with Gasteiger partial charge in [-0.25, -0.2) is 4.39 Å². The van der Waals surface area contributed by atoms with Gasteiger partial charge in [-0.2, -0.15) is 0 Å². The summed E-state index contributed by atoms with van der Waals surface area (Å²) in [4.78, 5) is 38.7. The van der Waals surface area contributed by atoms with Gasteiger partial charge in [-0.3, -0.25) is 14.4 Å². The number of Topliss-reactive ketones (excluding diaryl/α,β-unsaturated/α-hetero) is 1. The van der Waals surface area contributed by atoms with E-state index in [1.807, 2.05) is 9.47 Å². The van der Waals surface area contributed by atoms with Gasteiger partial charge in [-0.1, -0.05) is 11.8 Å². The number of rotatable bonds is 5. The Morgan fingerprint density at radius 1 is 1.32 bits per heavy atom. The Kier molecular flexibility index (Phi) is 4.96. The first-order chi connectivity index (χ1) is 14.9. The van der Waals surface area contributed by atoms with Gasteiger partial charge in [0.2, 0.25) is 11.3 Å². The maximum absolute atomic E-state index is 15.4. The van der Waals surface area contributed by atoms with E-state index in [9.17, 15) is 14.4 Å². The molecule has 1 aliphatic carbocycles. The quantitative estimate of drug-likeness (QED) is 0.762. The number of nitrogens with zero attached hydrogens (tertiary/aromatic N) is 2. The van der Waals surface area contributed by atoms with Gasteiger partial charge in [0.05, 0.1) is 34.4 Å². The first kappa shape index (κ1) is 20.4. The summed E-state index contributed by atoms with van der Waals surface area (Å²) in [6.07, 6.45) is 2.74. The highest BCUT2D eigenvalue weighted by atomic mass is 32.2. The van der Waals surface area contributed by atoms with Crippen molar-refractivity contribution in [1.29, 1.82) is 0 Å². The van der Waals surface area contributed by atoms with Crippen molar-refractivity contribution < 1.29 is 18.7 Å². The lowest BCUT2D eigenvalue weighted by molar-refractivity contribution is -0.119. The zero-order valence-corrected chi connectivity index (χ0v) is 18.3. The normalized spacial score (nSPS) is 20.4. The molecule has 1 atom stereocenters. The van der Waals surface area contributed by atoms with E-state index in [4.69, 9.17) is 4.74 Å². The first-order valence-electron chi connectivity index (χ1n) is 10.5. The molecule has 5 rings (SSSR count). The summed E-state index contributed by atoms with van der Waals surface area (Å²) in [5.41, 5.74) is 0.710. The van der Waals surface area contributed by atoms with Gasteiger partial charge in [0, 0.05) is 32.6 Å². The molecule has 0 radical (unpaired) electrons. The number of carbonyl (C=O) groups excluding carboxylic acids is 2. The number of aromatic nitrogens is 1. The minimum Gasteiger partial charge on any atom is -0.492 e. The molecule has 0 spiro atoms. The lowest BCUT2D eigenvalue weighted by Crippen LogP contribution is -2.29. The van der Waals surface area contributed by atoms with Gasteiger partial charge in [-0.05, 0) is 31.2 Å². The van der Waals surface area contributed by atoms with Crippen LogP contribution in [0.5, 0.6) is 5.75 Å². The SMILES string of the molecule is COc1c(N2CCC(CNC(C)=O)C2)c(F)cc2c(=O)c3c(n(C4CC4)c12)SCC3=O. The minimum atomic E-state index is -0.526. The Balaban J connectivity index is 1.67. The van der Waals surface area contributed by atoms with Crippen LogP contribution in [0.15, 0.2) is 15.9 Å². The number of hydrogen-bond acceptors (Lipinski definition) is 6. The lowest BCUT2D eigenvalue weighted by atomic mass is 10.1. The standard InChI is InChI=1S/C22H24FN3O4S/c1-11(27)24-8-12-5-6-25(9-12)19-15(23)7-14-18(21(19)30-2)26(13-3-4-13)22-17(20(14)29)16(28)10-31-22/h7,12-13H,3-6,8-10H2,1-2H3,(H,24,27). The monoisotopic (exact) mass is 445 g/mol. The van der Waals surface area contributed by atoms with Crippen molar-refractivity contribution >= 4 is 40.0 Å². The van der Waals surface area contributed by atoms with Crippen molar-refractivity contribution in [3.8, 4) is 5.75 Å². The van der Waals surface area contributed by atoms with Crippen molar-refractivity contribution in [2.75, 3.05) is 37.4 Å². The second-order valence-corrected chi connectivity index (χ2v) is 9.46. The molecule has 1 aromatic carbocycles. The molecule has 7 nitrogen and oxygen atoms in total. The van der Waals surface area contributed by atoms with Crippen LogP contribution in [-0.4, -0.2) is 48.8 Å². The van der Waals surface area contributed by atoms with Crippen LogP contribution >= 0.6 is 11.8 Å². The number of ketones is 1. The third-order valence-corrected chi connectivity index (χ3v) is 7.39. The maximum Gasteiger partial charge on any atom is 0.216 e. The van der Waals surface area contributed by atoms with Crippen LogP contribution in [0.4, 0.5) is 10.1 Å². The topological polar surface area (TPSA) is 80.6 Å². The second-order valence-electron chi connectivity index (χ2n) is 8.50. The fraction of sp³-hybridized carbons (Fsp3) is 0.500. The number of halogens is 1. The van der Waals surface area contributed by atoms with E-state index >= 15 is 4.39 Å². The number of benzene rings is 1. The molecule has 3 aliphatic rings. The molecule has 1 saturated carbocycles. The van der Waals surface area contributed by atoms with Crippen molar-refractivity contribution in [3.05, 3.63) is 27.7 Å². The molecule has 2 aromatic rings. The van der Waals surface area contributed by atoms with Crippen molar-refractivity contribution in [2.45, 2.75) is 37.3 Å². The van der Waals surface area contributed by atoms with Crippen LogP contribution in [0, 0.1) is 11.7 Å². The molecule has 1 unspecified atom stereocenters. The molecule has 3 heterocycles. The van der Waals surface area contributed by atoms with Crippen molar-refractivity contribution in [3.63, 3.8) is 0 Å². The predicted molar refractivity (Wildman–Crippen MR) is 117 cm³/mol. The highest BCUT2D eigenvalue weighted by Crippen LogP contribution is 2.48. The van der Waals surface area contributed by atoms with Crippen molar-refractivity contribution in [2.24, 2.45) is 5.92 Å². The lowest BCUT2D eigenvalue weighted by Gasteiger charge is -2.25. The number of ether oxygens (including phenoxy) is 1. The van der Waals surface area contributed by atoms with Crippen LogP contribution in [0.3, 0.4) is 0 Å². The number of amides is 1. The van der Waals surface area contributed by atoms with Gasteiger partial charge >= 0.3 is 0 Å². The third kappa shape index (κ3) is 3.30. The fourth-order valence-electron chi connectivity index (χ4n) is 4.73. The Morgan fingerprint density at radius 3 is 2.77 bits per heavy atom.